The van der Waals surface area contributed by atoms with Crippen molar-refractivity contribution >= 4 is 12.1 Å². The fourth-order valence-corrected chi connectivity index (χ4v) is 1.59. The number of rotatable bonds is 3. The van der Waals surface area contributed by atoms with Crippen molar-refractivity contribution in [2.24, 2.45) is 0 Å². The first-order chi connectivity index (χ1) is 7.63. The second-order valence-corrected chi connectivity index (χ2v) is 3.84. The molecule has 0 aromatic carbocycles. The summed E-state index contributed by atoms with van der Waals surface area (Å²) in [5.41, 5.74) is 0. The van der Waals surface area contributed by atoms with Gasteiger partial charge < -0.3 is 14.4 Å². The van der Waals surface area contributed by atoms with Crippen LogP contribution < -0.4 is 0 Å². The molecule has 0 saturated carbocycles. The number of nitrogens with zero attached hydrogens (tertiary/aromatic N) is 1. The fraction of sp³-hybridized carbons (Fsp3) is 0.818. The van der Waals surface area contributed by atoms with Crippen LogP contribution in [0.4, 0.5) is 4.79 Å². The highest BCUT2D eigenvalue weighted by atomic mass is 16.7. The highest BCUT2D eigenvalue weighted by molar-refractivity contribution is 5.70. The summed E-state index contributed by atoms with van der Waals surface area (Å²) in [5.74, 6) is -0.362. The average Bonchev–Trinajstić information content (AvgIpc) is 2.29. The lowest BCUT2D eigenvalue weighted by Gasteiger charge is -2.27. The van der Waals surface area contributed by atoms with Gasteiger partial charge in [-0.2, -0.15) is 0 Å². The van der Waals surface area contributed by atoms with E-state index in [0.29, 0.717) is 0 Å². The maximum absolute atomic E-state index is 11.6. The molecule has 5 heteroatoms. The van der Waals surface area contributed by atoms with Crippen molar-refractivity contribution in [3.8, 4) is 0 Å². The van der Waals surface area contributed by atoms with Crippen LogP contribution in [-0.4, -0.2) is 36.3 Å². The average molecular weight is 229 g/mol. The fourth-order valence-electron chi connectivity index (χ4n) is 1.59. The molecule has 1 unspecified atom stereocenters. The highest BCUT2D eigenvalue weighted by Crippen LogP contribution is 2.11. The number of carbonyl (C=O) groups is 2. The third-order valence-corrected chi connectivity index (χ3v) is 2.47. The molecule has 92 valence electrons. The Bertz CT molecular complexity index is 248. The van der Waals surface area contributed by atoms with E-state index in [1.54, 1.807) is 18.7 Å². The summed E-state index contributed by atoms with van der Waals surface area (Å²) in [6, 6.07) is 0. The van der Waals surface area contributed by atoms with Gasteiger partial charge in [0.2, 0.25) is 6.29 Å². The number of hydrogen-bond donors (Lipinski definition) is 0. The Morgan fingerprint density at radius 2 is 1.81 bits per heavy atom. The smallest absolute Gasteiger partial charge is 0.412 e. The summed E-state index contributed by atoms with van der Waals surface area (Å²) in [4.78, 5) is 24.2. The second kappa shape index (κ2) is 6.35. The van der Waals surface area contributed by atoms with E-state index in [0.717, 1.165) is 32.4 Å². The number of piperidine rings is 1. The third-order valence-electron chi connectivity index (χ3n) is 2.47. The Balaban J connectivity index is 2.29. The minimum absolute atomic E-state index is 0.283. The van der Waals surface area contributed by atoms with Crippen molar-refractivity contribution in [3.63, 3.8) is 0 Å². The number of esters is 1. The van der Waals surface area contributed by atoms with E-state index in [1.807, 2.05) is 0 Å². The minimum Gasteiger partial charge on any atom is -0.425 e. The molecule has 1 rings (SSSR count). The van der Waals surface area contributed by atoms with Gasteiger partial charge in [-0.25, -0.2) is 4.79 Å². The van der Waals surface area contributed by atoms with Crippen molar-refractivity contribution in [2.75, 3.05) is 13.1 Å². The third kappa shape index (κ3) is 4.08. The molecular weight excluding hydrogens is 210 g/mol. The van der Waals surface area contributed by atoms with E-state index in [1.165, 1.54) is 0 Å². The van der Waals surface area contributed by atoms with Gasteiger partial charge in [-0.15, -0.1) is 0 Å². The molecule has 0 radical (unpaired) electrons. The molecule has 1 aliphatic heterocycles. The molecule has 0 N–H and O–H groups in total. The van der Waals surface area contributed by atoms with Gasteiger partial charge in [0, 0.05) is 26.4 Å². The molecule has 0 aliphatic carbocycles. The zero-order valence-corrected chi connectivity index (χ0v) is 9.90. The van der Waals surface area contributed by atoms with E-state index in [2.05, 4.69) is 0 Å². The van der Waals surface area contributed by atoms with Crippen molar-refractivity contribution in [1.82, 2.24) is 4.90 Å². The van der Waals surface area contributed by atoms with Crippen molar-refractivity contribution in [2.45, 2.75) is 45.8 Å². The summed E-state index contributed by atoms with van der Waals surface area (Å²) < 4.78 is 9.86. The molecule has 1 aliphatic rings. The normalized spacial score (nSPS) is 17.8. The monoisotopic (exact) mass is 229 g/mol. The predicted molar refractivity (Wildman–Crippen MR) is 57.8 cm³/mol. The lowest BCUT2D eigenvalue weighted by molar-refractivity contribution is -0.165. The number of ether oxygens (including phenoxy) is 2. The van der Waals surface area contributed by atoms with Gasteiger partial charge in [-0.05, 0) is 19.3 Å². The molecule has 0 aromatic rings. The summed E-state index contributed by atoms with van der Waals surface area (Å²) >= 11 is 0. The Kier molecular flexibility index (Phi) is 5.08. The molecule has 0 aromatic heterocycles. The number of carbonyl (C=O) groups excluding carboxylic acids is 2. The largest absolute Gasteiger partial charge is 0.425 e. The van der Waals surface area contributed by atoms with Crippen LogP contribution >= 0.6 is 0 Å². The first-order valence-electron chi connectivity index (χ1n) is 5.78. The Hall–Kier alpha value is -1.26. The topological polar surface area (TPSA) is 55.8 Å². The van der Waals surface area contributed by atoms with Gasteiger partial charge in [-0.3, -0.25) is 4.79 Å². The molecular formula is C11H19NO4. The molecule has 1 amide bonds. The number of likely N-dealkylation sites (tertiary alicyclic amines) is 1. The maximum atomic E-state index is 11.6. The molecule has 1 saturated heterocycles. The van der Waals surface area contributed by atoms with E-state index in [-0.39, 0.29) is 12.4 Å². The van der Waals surface area contributed by atoms with Crippen LogP contribution in [0.5, 0.6) is 0 Å². The molecule has 1 fully saturated rings. The van der Waals surface area contributed by atoms with E-state index in [9.17, 15) is 9.59 Å². The van der Waals surface area contributed by atoms with Gasteiger partial charge in [0.15, 0.2) is 0 Å². The van der Waals surface area contributed by atoms with Crippen LogP contribution in [0, 0.1) is 0 Å². The van der Waals surface area contributed by atoms with Crippen molar-refractivity contribution < 1.29 is 19.1 Å². The Morgan fingerprint density at radius 1 is 1.19 bits per heavy atom. The lowest BCUT2D eigenvalue weighted by atomic mass is 10.1. The van der Waals surface area contributed by atoms with Crippen LogP contribution in [0.25, 0.3) is 0 Å². The Labute approximate surface area is 95.7 Å². The summed E-state index contributed by atoms with van der Waals surface area (Å²) in [5, 5.41) is 0. The van der Waals surface area contributed by atoms with Gasteiger partial charge in [0.25, 0.3) is 0 Å². The molecule has 1 heterocycles. The van der Waals surface area contributed by atoms with E-state index in [4.69, 9.17) is 9.47 Å². The van der Waals surface area contributed by atoms with Crippen LogP contribution in [-0.2, 0) is 14.3 Å². The summed E-state index contributed by atoms with van der Waals surface area (Å²) in [7, 11) is 0. The van der Waals surface area contributed by atoms with Gasteiger partial charge in [0.05, 0.1) is 0 Å². The van der Waals surface area contributed by atoms with Gasteiger partial charge in [-0.1, -0.05) is 6.92 Å². The maximum Gasteiger partial charge on any atom is 0.412 e. The number of hydrogen-bond acceptors (Lipinski definition) is 4. The summed E-state index contributed by atoms with van der Waals surface area (Å²) in [6.07, 6.45) is 2.27. The van der Waals surface area contributed by atoms with Crippen LogP contribution in [0.15, 0.2) is 0 Å². The second-order valence-electron chi connectivity index (χ2n) is 3.84. The van der Waals surface area contributed by atoms with E-state index < -0.39 is 12.4 Å². The zero-order chi connectivity index (χ0) is 12.0. The van der Waals surface area contributed by atoms with E-state index >= 15 is 0 Å². The van der Waals surface area contributed by atoms with Crippen LogP contribution in [0.2, 0.25) is 0 Å². The highest BCUT2D eigenvalue weighted by Gasteiger charge is 2.20. The molecule has 16 heavy (non-hydrogen) atoms. The Morgan fingerprint density at radius 3 is 2.38 bits per heavy atom. The molecule has 1 atom stereocenters. The minimum atomic E-state index is -0.804. The summed E-state index contributed by atoms with van der Waals surface area (Å²) in [6.45, 7) is 4.71. The molecule has 0 bridgehead atoms. The van der Waals surface area contributed by atoms with Crippen LogP contribution in [0.3, 0.4) is 0 Å². The van der Waals surface area contributed by atoms with Gasteiger partial charge in [0.1, 0.15) is 0 Å². The van der Waals surface area contributed by atoms with Crippen LogP contribution in [0.1, 0.15) is 39.5 Å². The standard InChI is InChI=1S/C11H19NO4/c1-3-10(13)15-9(2)16-11(14)12-7-5-4-6-8-12/h9H,3-8H2,1-2H3. The van der Waals surface area contributed by atoms with Gasteiger partial charge >= 0.3 is 12.1 Å². The molecule has 5 nitrogen and oxygen atoms in total. The number of amides is 1. The van der Waals surface area contributed by atoms with Crippen molar-refractivity contribution in [1.29, 1.82) is 0 Å². The van der Waals surface area contributed by atoms with Crippen molar-refractivity contribution in [3.05, 3.63) is 0 Å². The quantitative estimate of drug-likeness (QED) is 0.548. The lowest BCUT2D eigenvalue weighted by Crippen LogP contribution is -2.38. The molecule has 0 spiro atoms. The predicted octanol–water partition coefficient (Wildman–Crippen LogP) is 1.91. The first kappa shape index (κ1) is 12.8. The SMILES string of the molecule is CCC(=O)OC(C)OC(=O)N1CCCCC1. The first-order valence-corrected chi connectivity index (χ1v) is 5.78. The zero-order valence-electron chi connectivity index (χ0n) is 9.90.